The minimum Gasteiger partial charge on any atom is -0.508 e. The van der Waals surface area contributed by atoms with E-state index in [1.165, 1.54) is 11.1 Å². The second-order valence-corrected chi connectivity index (χ2v) is 3.85. The molecule has 0 aliphatic carbocycles. The lowest BCUT2D eigenvalue weighted by molar-refractivity contribution is 0.475. The third-order valence-corrected chi connectivity index (χ3v) is 2.30. The Balaban J connectivity index is 2.90. The van der Waals surface area contributed by atoms with Gasteiger partial charge in [0.25, 0.3) is 0 Å². The van der Waals surface area contributed by atoms with Crippen molar-refractivity contribution in [3.63, 3.8) is 0 Å². The molecule has 0 saturated carbocycles. The lowest BCUT2D eigenvalue weighted by Gasteiger charge is -2.11. The first-order valence-corrected chi connectivity index (χ1v) is 5.07. The van der Waals surface area contributed by atoms with Crippen molar-refractivity contribution >= 4 is 0 Å². The molecule has 1 rings (SSSR count). The second kappa shape index (κ2) is 4.85. The zero-order chi connectivity index (χ0) is 10.6. The summed E-state index contributed by atoms with van der Waals surface area (Å²) >= 11 is 0. The molecule has 0 amide bonds. The normalized spacial score (nSPS) is 12.2. The zero-order valence-electron chi connectivity index (χ0n) is 9.12. The van der Waals surface area contributed by atoms with Gasteiger partial charge in [-0.2, -0.15) is 0 Å². The van der Waals surface area contributed by atoms with Crippen LogP contribution >= 0.6 is 0 Å². The van der Waals surface area contributed by atoms with E-state index in [9.17, 15) is 5.11 Å². The Kier molecular flexibility index (Phi) is 3.75. The van der Waals surface area contributed by atoms with Crippen molar-refractivity contribution in [3.05, 3.63) is 41.5 Å². The molecule has 0 fully saturated rings. The van der Waals surface area contributed by atoms with Crippen LogP contribution in [0.1, 0.15) is 38.7 Å². The Bertz CT molecular complexity index is 305. The molecule has 1 heteroatoms. The van der Waals surface area contributed by atoms with Gasteiger partial charge in [0.15, 0.2) is 0 Å². The number of benzene rings is 1. The molecule has 0 spiro atoms. The van der Waals surface area contributed by atoms with Gasteiger partial charge in [0.05, 0.1) is 0 Å². The molecule has 14 heavy (non-hydrogen) atoms. The smallest absolute Gasteiger partial charge is 0.115 e. The number of rotatable bonds is 3. The minimum atomic E-state index is 0.334. The molecule has 1 aromatic carbocycles. The van der Waals surface area contributed by atoms with E-state index >= 15 is 0 Å². The van der Waals surface area contributed by atoms with Crippen LogP contribution < -0.4 is 0 Å². The Morgan fingerprint density at radius 3 is 2.29 bits per heavy atom. The summed E-state index contributed by atoms with van der Waals surface area (Å²) in [5.74, 6) is 0.807. The molecule has 1 nitrogen and oxygen atoms in total. The average Bonchev–Trinajstić information content (AvgIpc) is 2.15. The Morgan fingerprint density at radius 2 is 1.86 bits per heavy atom. The van der Waals surface area contributed by atoms with Gasteiger partial charge >= 0.3 is 0 Å². The van der Waals surface area contributed by atoms with Crippen molar-refractivity contribution in [2.75, 3.05) is 0 Å². The van der Waals surface area contributed by atoms with Gasteiger partial charge in [-0.3, -0.25) is 0 Å². The standard InChI is InChI=1S/C13H18O/c1-4-11(9-10(2)3)12-5-7-13(14)8-6-12/h5-9,11,14H,4H2,1-3H3. The fourth-order valence-corrected chi connectivity index (χ4v) is 1.57. The predicted octanol–water partition coefficient (Wildman–Crippen LogP) is 3.85. The van der Waals surface area contributed by atoms with Gasteiger partial charge in [-0.25, -0.2) is 0 Å². The van der Waals surface area contributed by atoms with Gasteiger partial charge in [-0.05, 0) is 38.0 Å². The molecule has 76 valence electrons. The number of hydrogen-bond donors (Lipinski definition) is 1. The fourth-order valence-electron chi connectivity index (χ4n) is 1.57. The Labute approximate surface area is 86.1 Å². The van der Waals surface area contributed by atoms with Gasteiger partial charge in [0, 0.05) is 5.92 Å². The molecule has 0 aliphatic rings. The molecule has 0 heterocycles. The summed E-state index contributed by atoms with van der Waals surface area (Å²) in [7, 11) is 0. The maximum atomic E-state index is 9.18. The fraction of sp³-hybridized carbons (Fsp3) is 0.385. The molecule has 0 radical (unpaired) electrons. The summed E-state index contributed by atoms with van der Waals surface area (Å²) < 4.78 is 0. The molecule has 0 bridgehead atoms. The quantitative estimate of drug-likeness (QED) is 0.718. The molecule has 1 unspecified atom stereocenters. The third-order valence-electron chi connectivity index (χ3n) is 2.30. The van der Waals surface area contributed by atoms with E-state index in [4.69, 9.17) is 0 Å². The van der Waals surface area contributed by atoms with E-state index in [2.05, 4.69) is 26.8 Å². The minimum absolute atomic E-state index is 0.334. The van der Waals surface area contributed by atoms with Crippen LogP contribution in [0, 0.1) is 0 Å². The van der Waals surface area contributed by atoms with Gasteiger partial charge < -0.3 is 5.11 Å². The molecule has 1 aromatic rings. The van der Waals surface area contributed by atoms with Gasteiger partial charge in [-0.15, -0.1) is 0 Å². The van der Waals surface area contributed by atoms with Crippen LogP contribution in [0.3, 0.4) is 0 Å². The van der Waals surface area contributed by atoms with Crippen LogP contribution in [0.4, 0.5) is 0 Å². The highest BCUT2D eigenvalue weighted by molar-refractivity contribution is 5.30. The maximum Gasteiger partial charge on any atom is 0.115 e. The van der Waals surface area contributed by atoms with Gasteiger partial charge in [-0.1, -0.05) is 30.7 Å². The summed E-state index contributed by atoms with van der Waals surface area (Å²) in [6.07, 6.45) is 3.36. The van der Waals surface area contributed by atoms with Crippen LogP contribution in [-0.4, -0.2) is 5.11 Å². The van der Waals surface area contributed by atoms with Crippen LogP contribution in [-0.2, 0) is 0 Å². The summed E-state index contributed by atoms with van der Waals surface area (Å²) in [5, 5.41) is 9.18. The van der Waals surface area contributed by atoms with E-state index in [0.29, 0.717) is 11.7 Å². The van der Waals surface area contributed by atoms with Crippen molar-refractivity contribution in [2.24, 2.45) is 0 Å². The highest BCUT2D eigenvalue weighted by Gasteiger charge is 2.05. The maximum absolute atomic E-state index is 9.18. The summed E-state index contributed by atoms with van der Waals surface area (Å²) in [6, 6.07) is 7.47. The first-order valence-electron chi connectivity index (χ1n) is 5.07. The number of hydrogen-bond acceptors (Lipinski definition) is 1. The molecule has 1 N–H and O–H groups in total. The van der Waals surface area contributed by atoms with Crippen molar-refractivity contribution < 1.29 is 5.11 Å². The van der Waals surface area contributed by atoms with Gasteiger partial charge in [0.2, 0.25) is 0 Å². The van der Waals surface area contributed by atoms with Gasteiger partial charge in [0.1, 0.15) is 5.75 Å². The summed E-state index contributed by atoms with van der Waals surface area (Å²) in [4.78, 5) is 0. The number of aromatic hydroxyl groups is 1. The molecule has 0 aliphatic heterocycles. The van der Waals surface area contributed by atoms with Crippen LogP contribution in [0.5, 0.6) is 5.75 Å². The van der Waals surface area contributed by atoms with Crippen LogP contribution in [0.2, 0.25) is 0 Å². The number of phenolic OH excluding ortho intramolecular Hbond substituents is 1. The lowest BCUT2D eigenvalue weighted by atomic mass is 9.94. The van der Waals surface area contributed by atoms with Crippen molar-refractivity contribution in [3.8, 4) is 5.75 Å². The largest absolute Gasteiger partial charge is 0.508 e. The van der Waals surface area contributed by atoms with Crippen LogP contribution in [0.15, 0.2) is 35.9 Å². The monoisotopic (exact) mass is 190 g/mol. The highest BCUT2D eigenvalue weighted by Crippen LogP contribution is 2.23. The molecular weight excluding hydrogens is 172 g/mol. The average molecular weight is 190 g/mol. The van der Waals surface area contributed by atoms with Crippen molar-refractivity contribution in [1.82, 2.24) is 0 Å². The summed E-state index contributed by atoms with van der Waals surface area (Å²) in [5.41, 5.74) is 2.61. The topological polar surface area (TPSA) is 20.2 Å². The molecular formula is C13H18O. The number of allylic oxidation sites excluding steroid dienone is 2. The van der Waals surface area contributed by atoms with E-state index in [1.54, 1.807) is 12.1 Å². The van der Waals surface area contributed by atoms with E-state index in [-0.39, 0.29) is 0 Å². The van der Waals surface area contributed by atoms with Crippen molar-refractivity contribution in [1.29, 1.82) is 0 Å². The SMILES string of the molecule is CCC(C=C(C)C)c1ccc(O)cc1. The predicted molar refractivity (Wildman–Crippen MR) is 60.6 cm³/mol. The Hall–Kier alpha value is -1.24. The third kappa shape index (κ3) is 2.91. The Morgan fingerprint density at radius 1 is 1.29 bits per heavy atom. The van der Waals surface area contributed by atoms with E-state index in [0.717, 1.165) is 6.42 Å². The number of phenols is 1. The van der Waals surface area contributed by atoms with E-state index < -0.39 is 0 Å². The first-order chi connectivity index (χ1) is 6.63. The molecule has 0 aromatic heterocycles. The van der Waals surface area contributed by atoms with E-state index in [1.807, 2.05) is 12.1 Å². The van der Waals surface area contributed by atoms with Crippen LogP contribution in [0.25, 0.3) is 0 Å². The first kappa shape index (κ1) is 10.8. The molecule has 0 saturated heterocycles. The zero-order valence-corrected chi connectivity index (χ0v) is 9.12. The lowest BCUT2D eigenvalue weighted by Crippen LogP contribution is -1.93. The highest BCUT2D eigenvalue weighted by atomic mass is 16.3. The second-order valence-electron chi connectivity index (χ2n) is 3.85. The summed E-state index contributed by atoms with van der Waals surface area (Å²) in [6.45, 7) is 6.41. The van der Waals surface area contributed by atoms with Crippen molar-refractivity contribution in [2.45, 2.75) is 33.1 Å². The molecule has 1 atom stereocenters.